The van der Waals surface area contributed by atoms with Gasteiger partial charge in [-0.05, 0) is 18.6 Å². The third-order valence-electron chi connectivity index (χ3n) is 3.35. The predicted octanol–water partition coefficient (Wildman–Crippen LogP) is 0.781. The summed E-state index contributed by atoms with van der Waals surface area (Å²) >= 11 is 0. The lowest BCUT2D eigenvalue weighted by Crippen LogP contribution is -2.55. The summed E-state index contributed by atoms with van der Waals surface area (Å²) in [6.45, 7) is 1.29. The number of halogens is 1. The fourth-order valence-electron chi connectivity index (χ4n) is 2.09. The predicted molar refractivity (Wildman–Crippen MR) is 71.9 cm³/mol. The number of likely N-dealkylation sites (N-methyl/N-ethyl adjacent to an activating group) is 1. The summed E-state index contributed by atoms with van der Waals surface area (Å²) in [7, 11) is 1.65. The molecule has 0 aliphatic carbocycles. The lowest BCUT2D eigenvalue weighted by Gasteiger charge is -2.27. The zero-order valence-electron chi connectivity index (χ0n) is 11.5. The van der Waals surface area contributed by atoms with Crippen LogP contribution in [0.25, 0.3) is 0 Å². The van der Waals surface area contributed by atoms with Gasteiger partial charge in [0, 0.05) is 13.7 Å². The van der Waals surface area contributed by atoms with Gasteiger partial charge in [-0.1, -0.05) is 12.1 Å². The summed E-state index contributed by atoms with van der Waals surface area (Å²) in [6, 6.07) is 6.16. The van der Waals surface area contributed by atoms with Crippen molar-refractivity contribution in [3.8, 4) is 5.75 Å². The van der Waals surface area contributed by atoms with Crippen LogP contribution in [0.5, 0.6) is 5.75 Å². The fourth-order valence-corrected chi connectivity index (χ4v) is 2.09. The lowest BCUT2D eigenvalue weighted by atomic mass is 9.99. The molecule has 0 radical (unpaired) electrons. The van der Waals surface area contributed by atoms with Crippen molar-refractivity contribution in [2.24, 2.45) is 5.73 Å². The Kier molecular flexibility index (Phi) is 4.57. The van der Waals surface area contributed by atoms with Crippen LogP contribution in [0.3, 0.4) is 0 Å². The molecular weight excluding hydrogens is 263 g/mol. The SMILES string of the molecule is CN(CCOc1ccccc1F)C(=O)C1(N)CCOC1. The van der Waals surface area contributed by atoms with E-state index in [4.69, 9.17) is 15.2 Å². The molecular formula is C14H19FN2O3. The van der Waals surface area contributed by atoms with E-state index in [1.807, 2.05) is 0 Å². The van der Waals surface area contributed by atoms with E-state index < -0.39 is 11.4 Å². The van der Waals surface area contributed by atoms with Crippen molar-refractivity contribution < 1.29 is 18.7 Å². The van der Waals surface area contributed by atoms with Gasteiger partial charge in [0.05, 0.1) is 13.2 Å². The Bertz CT molecular complexity index is 475. The first kappa shape index (κ1) is 14.7. The van der Waals surface area contributed by atoms with Gasteiger partial charge < -0.3 is 20.1 Å². The fraction of sp³-hybridized carbons (Fsp3) is 0.500. The number of para-hydroxylation sites is 1. The molecule has 2 N–H and O–H groups in total. The molecule has 1 amide bonds. The van der Waals surface area contributed by atoms with Crippen molar-refractivity contribution in [1.82, 2.24) is 4.90 Å². The highest BCUT2D eigenvalue weighted by molar-refractivity contribution is 5.86. The van der Waals surface area contributed by atoms with E-state index in [2.05, 4.69) is 0 Å². The van der Waals surface area contributed by atoms with Crippen LogP contribution in [0.1, 0.15) is 6.42 Å². The van der Waals surface area contributed by atoms with Crippen LogP contribution in [-0.2, 0) is 9.53 Å². The van der Waals surface area contributed by atoms with Gasteiger partial charge in [0.15, 0.2) is 11.6 Å². The molecule has 0 saturated carbocycles. The average molecular weight is 282 g/mol. The second kappa shape index (κ2) is 6.19. The zero-order chi connectivity index (χ0) is 14.6. The summed E-state index contributed by atoms with van der Waals surface area (Å²) < 4.78 is 23.8. The van der Waals surface area contributed by atoms with E-state index >= 15 is 0 Å². The first-order valence-corrected chi connectivity index (χ1v) is 6.52. The summed E-state index contributed by atoms with van der Waals surface area (Å²) in [5.74, 6) is -0.409. The topological polar surface area (TPSA) is 64.8 Å². The number of nitrogens with zero attached hydrogens (tertiary/aromatic N) is 1. The molecule has 110 valence electrons. The molecule has 1 aliphatic heterocycles. The van der Waals surface area contributed by atoms with Gasteiger partial charge in [0.25, 0.3) is 0 Å². The van der Waals surface area contributed by atoms with E-state index in [-0.39, 0.29) is 24.9 Å². The van der Waals surface area contributed by atoms with Crippen molar-refractivity contribution in [2.75, 3.05) is 33.4 Å². The molecule has 1 heterocycles. The highest BCUT2D eigenvalue weighted by Gasteiger charge is 2.39. The van der Waals surface area contributed by atoms with Crippen LogP contribution in [0, 0.1) is 5.82 Å². The van der Waals surface area contributed by atoms with Crippen LogP contribution in [0.15, 0.2) is 24.3 Å². The van der Waals surface area contributed by atoms with E-state index in [1.54, 1.807) is 25.2 Å². The van der Waals surface area contributed by atoms with Gasteiger partial charge in [-0.25, -0.2) is 4.39 Å². The maximum absolute atomic E-state index is 13.3. The van der Waals surface area contributed by atoms with Crippen LogP contribution in [0.2, 0.25) is 0 Å². The largest absolute Gasteiger partial charge is 0.489 e. The maximum atomic E-state index is 13.3. The molecule has 1 saturated heterocycles. The number of amides is 1. The number of carbonyl (C=O) groups excluding carboxylic acids is 1. The van der Waals surface area contributed by atoms with Crippen molar-refractivity contribution in [1.29, 1.82) is 0 Å². The molecule has 1 aromatic carbocycles. The van der Waals surface area contributed by atoms with Crippen LogP contribution in [0.4, 0.5) is 4.39 Å². The molecule has 0 spiro atoms. The Morgan fingerprint density at radius 3 is 2.95 bits per heavy atom. The van der Waals surface area contributed by atoms with E-state index in [0.29, 0.717) is 19.6 Å². The highest BCUT2D eigenvalue weighted by atomic mass is 19.1. The summed E-state index contributed by atoms with van der Waals surface area (Å²) in [5.41, 5.74) is 5.06. The second-order valence-corrected chi connectivity index (χ2v) is 4.96. The van der Waals surface area contributed by atoms with Crippen LogP contribution < -0.4 is 10.5 Å². The number of rotatable bonds is 5. The number of hydrogen-bond donors (Lipinski definition) is 1. The van der Waals surface area contributed by atoms with Crippen molar-refractivity contribution in [3.05, 3.63) is 30.1 Å². The zero-order valence-corrected chi connectivity index (χ0v) is 11.5. The quantitative estimate of drug-likeness (QED) is 0.867. The Balaban J connectivity index is 1.82. The van der Waals surface area contributed by atoms with Gasteiger partial charge in [0.1, 0.15) is 12.1 Å². The summed E-state index contributed by atoms with van der Waals surface area (Å²) in [6.07, 6.45) is 0.518. The maximum Gasteiger partial charge on any atom is 0.245 e. The summed E-state index contributed by atoms with van der Waals surface area (Å²) in [5, 5.41) is 0. The third-order valence-corrected chi connectivity index (χ3v) is 3.35. The molecule has 1 aliphatic rings. The van der Waals surface area contributed by atoms with Gasteiger partial charge in [0.2, 0.25) is 5.91 Å². The van der Waals surface area contributed by atoms with Crippen molar-refractivity contribution in [3.63, 3.8) is 0 Å². The minimum absolute atomic E-state index is 0.174. The van der Waals surface area contributed by atoms with Crippen LogP contribution >= 0.6 is 0 Å². The molecule has 1 unspecified atom stereocenters. The smallest absolute Gasteiger partial charge is 0.245 e. The van der Waals surface area contributed by atoms with Gasteiger partial charge in [-0.3, -0.25) is 4.79 Å². The van der Waals surface area contributed by atoms with Gasteiger partial charge in [-0.2, -0.15) is 0 Å². The minimum Gasteiger partial charge on any atom is -0.489 e. The standard InChI is InChI=1S/C14H19FN2O3/c1-17(13(18)14(16)6-8-19-10-14)7-9-20-12-5-3-2-4-11(12)15/h2-5H,6-10,16H2,1H3. The number of ether oxygens (including phenoxy) is 2. The first-order valence-electron chi connectivity index (χ1n) is 6.52. The molecule has 1 fully saturated rings. The Hall–Kier alpha value is -1.66. The highest BCUT2D eigenvalue weighted by Crippen LogP contribution is 2.18. The Labute approximate surface area is 117 Å². The molecule has 5 nitrogen and oxygen atoms in total. The minimum atomic E-state index is -0.938. The Morgan fingerprint density at radius 2 is 2.30 bits per heavy atom. The van der Waals surface area contributed by atoms with E-state index in [9.17, 15) is 9.18 Å². The van der Waals surface area contributed by atoms with Gasteiger partial charge >= 0.3 is 0 Å². The first-order chi connectivity index (χ1) is 9.53. The third kappa shape index (κ3) is 3.26. The van der Waals surface area contributed by atoms with Crippen molar-refractivity contribution in [2.45, 2.75) is 12.0 Å². The van der Waals surface area contributed by atoms with Crippen LogP contribution in [-0.4, -0.2) is 49.8 Å². The molecule has 1 aromatic rings. The monoisotopic (exact) mass is 282 g/mol. The number of carbonyl (C=O) groups is 1. The number of hydrogen-bond acceptors (Lipinski definition) is 4. The molecule has 0 bridgehead atoms. The normalized spacial score (nSPS) is 21.8. The molecule has 2 rings (SSSR count). The summed E-state index contributed by atoms with van der Waals surface area (Å²) in [4.78, 5) is 13.7. The molecule has 1 atom stereocenters. The van der Waals surface area contributed by atoms with E-state index in [1.165, 1.54) is 11.0 Å². The molecule has 20 heavy (non-hydrogen) atoms. The Morgan fingerprint density at radius 1 is 1.55 bits per heavy atom. The number of benzene rings is 1. The average Bonchev–Trinajstić information content (AvgIpc) is 2.88. The van der Waals surface area contributed by atoms with Crippen molar-refractivity contribution >= 4 is 5.91 Å². The number of nitrogens with two attached hydrogens (primary N) is 1. The second-order valence-electron chi connectivity index (χ2n) is 4.96. The lowest BCUT2D eigenvalue weighted by molar-refractivity contribution is -0.136. The molecule has 6 heteroatoms. The van der Waals surface area contributed by atoms with E-state index in [0.717, 1.165) is 0 Å². The molecule has 0 aromatic heterocycles. The van der Waals surface area contributed by atoms with Gasteiger partial charge in [-0.15, -0.1) is 0 Å².